The summed E-state index contributed by atoms with van der Waals surface area (Å²) in [4.78, 5) is 23.2. The maximum Gasteiger partial charge on any atom is 0.270 e. The van der Waals surface area contributed by atoms with Gasteiger partial charge in [-0.3, -0.25) is 9.48 Å². The second kappa shape index (κ2) is 7.63. The quantitative estimate of drug-likeness (QED) is 0.530. The van der Waals surface area contributed by atoms with Crippen molar-refractivity contribution < 1.29 is 4.74 Å². The molecule has 2 heterocycles. The highest BCUT2D eigenvalue weighted by atomic mass is 32.2. The van der Waals surface area contributed by atoms with Crippen LogP contribution in [0.4, 0.5) is 0 Å². The number of nitriles is 1. The van der Waals surface area contributed by atoms with Crippen LogP contribution in [0.2, 0.25) is 0 Å². The SMILES string of the molecule is COc1ccc(-c2nc(SCCn3cncn3)[nH]c(=O)c2C#N)cc1. The smallest absolute Gasteiger partial charge is 0.270 e. The molecular formula is C16H14N6O2S. The lowest BCUT2D eigenvalue weighted by Gasteiger charge is -2.07. The van der Waals surface area contributed by atoms with Gasteiger partial charge in [-0.05, 0) is 24.3 Å². The van der Waals surface area contributed by atoms with E-state index in [1.807, 2.05) is 6.07 Å². The highest BCUT2D eigenvalue weighted by Gasteiger charge is 2.13. The number of nitrogens with one attached hydrogen (secondary N) is 1. The first-order valence-electron chi connectivity index (χ1n) is 7.35. The second-order valence-electron chi connectivity index (χ2n) is 4.94. The van der Waals surface area contributed by atoms with E-state index in [1.165, 1.54) is 18.1 Å². The van der Waals surface area contributed by atoms with Crippen LogP contribution in [0.25, 0.3) is 11.3 Å². The Balaban J connectivity index is 1.86. The second-order valence-corrected chi connectivity index (χ2v) is 6.03. The summed E-state index contributed by atoms with van der Waals surface area (Å²) in [6.45, 7) is 0.631. The number of aryl methyl sites for hydroxylation is 1. The van der Waals surface area contributed by atoms with E-state index in [4.69, 9.17) is 4.74 Å². The molecule has 0 atom stereocenters. The van der Waals surface area contributed by atoms with Crippen LogP contribution in [-0.2, 0) is 6.54 Å². The Bertz CT molecular complexity index is 944. The zero-order valence-corrected chi connectivity index (χ0v) is 14.2. The maximum absolute atomic E-state index is 12.2. The maximum atomic E-state index is 12.2. The van der Waals surface area contributed by atoms with Gasteiger partial charge in [-0.25, -0.2) is 9.97 Å². The molecule has 3 rings (SSSR count). The number of H-pyrrole nitrogens is 1. The molecule has 0 saturated heterocycles. The van der Waals surface area contributed by atoms with E-state index in [9.17, 15) is 10.1 Å². The van der Waals surface area contributed by atoms with E-state index in [0.29, 0.717) is 34.5 Å². The molecule has 0 aliphatic carbocycles. The van der Waals surface area contributed by atoms with Crippen LogP contribution in [0.3, 0.4) is 0 Å². The van der Waals surface area contributed by atoms with Crippen LogP contribution in [0.15, 0.2) is 46.9 Å². The molecule has 0 aliphatic rings. The summed E-state index contributed by atoms with van der Waals surface area (Å²) >= 11 is 1.38. The fourth-order valence-electron chi connectivity index (χ4n) is 2.17. The number of nitrogens with zero attached hydrogens (tertiary/aromatic N) is 5. The molecule has 0 aliphatic heterocycles. The number of aromatic nitrogens is 5. The van der Waals surface area contributed by atoms with Gasteiger partial charge in [0, 0.05) is 11.3 Å². The van der Waals surface area contributed by atoms with E-state index in [2.05, 4.69) is 20.1 Å². The number of benzene rings is 1. The summed E-state index contributed by atoms with van der Waals surface area (Å²) in [6, 6.07) is 8.99. The minimum Gasteiger partial charge on any atom is -0.497 e. The van der Waals surface area contributed by atoms with Crippen LogP contribution in [0, 0.1) is 11.3 Å². The molecular weight excluding hydrogens is 340 g/mol. The Morgan fingerprint density at radius 1 is 1.36 bits per heavy atom. The lowest BCUT2D eigenvalue weighted by atomic mass is 10.1. The molecule has 8 nitrogen and oxygen atoms in total. The number of ether oxygens (including phenoxy) is 1. The van der Waals surface area contributed by atoms with Crippen LogP contribution in [-0.4, -0.2) is 37.6 Å². The third-order valence-corrected chi connectivity index (χ3v) is 4.25. The number of hydrogen-bond acceptors (Lipinski definition) is 7. The highest BCUT2D eigenvalue weighted by Crippen LogP contribution is 2.24. The fourth-order valence-corrected chi connectivity index (χ4v) is 2.96. The molecule has 126 valence electrons. The van der Waals surface area contributed by atoms with E-state index in [0.717, 1.165) is 0 Å². The highest BCUT2D eigenvalue weighted by molar-refractivity contribution is 7.99. The molecule has 2 aromatic heterocycles. The predicted octanol–water partition coefficient (Wildman–Crippen LogP) is 1.70. The normalized spacial score (nSPS) is 10.4. The summed E-state index contributed by atoms with van der Waals surface area (Å²) in [5, 5.41) is 13.8. The van der Waals surface area contributed by atoms with Crippen molar-refractivity contribution in [3.05, 3.63) is 52.8 Å². The van der Waals surface area contributed by atoms with Gasteiger partial charge in [-0.1, -0.05) is 11.8 Å². The van der Waals surface area contributed by atoms with Gasteiger partial charge in [-0.15, -0.1) is 0 Å². The summed E-state index contributed by atoms with van der Waals surface area (Å²) in [5.74, 6) is 1.34. The Hall–Kier alpha value is -3.12. The lowest BCUT2D eigenvalue weighted by molar-refractivity contribution is 0.415. The first-order valence-corrected chi connectivity index (χ1v) is 8.34. The lowest BCUT2D eigenvalue weighted by Crippen LogP contribution is -2.15. The van der Waals surface area contributed by atoms with E-state index in [-0.39, 0.29) is 5.56 Å². The van der Waals surface area contributed by atoms with Crippen molar-refractivity contribution >= 4 is 11.8 Å². The molecule has 0 amide bonds. The summed E-state index contributed by atoms with van der Waals surface area (Å²) in [7, 11) is 1.57. The van der Waals surface area contributed by atoms with Crippen molar-refractivity contribution in [1.82, 2.24) is 24.7 Å². The molecule has 1 N–H and O–H groups in total. The topological polar surface area (TPSA) is 109 Å². The first kappa shape index (κ1) is 16.7. The predicted molar refractivity (Wildman–Crippen MR) is 92.3 cm³/mol. The van der Waals surface area contributed by atoms with Crippen molar-refractivity contribution in [3.63, 3.8) is 0 Å². The molecule has 0 radical (unpaired) electrons. The van der Waals surface area contributed by atoms with Crippen molar-refractivity contribution in [2.75, 3.05) is 12.9 Å². The van der Waals surface area contributed by atoms with Crippen molar-refractivity contribution in [2.24, 2.45) is 0 Å². The molecule has 0 saturated carbocycles. The third-order valence-electron chi connectivity index (χ3n) is 3.40. The van der Waals surface area contributed by atoms with Gasteiger partial charge in [0.25, 0.3) is 5.56 Å². The average molecular weight is 354 g/mol. The molecule has 9 heteroatoms. The minimum atomic E-state index is -0.452. The minimum absolute atomic E-state index is 0.00852. The zero-order valence-electron chi connectivity index (χ0n) is 13.3. The Morgan fingerprint density at radius 3 is 2.80 bits per heavy atom. The van der Waals surface area contributed by atoms with Gasteiger partial charge in [-0.2, -0.15) is 10.4 Å². The number of methoxy groups -OCH3 is 1. The van der Waals surface area contributed by atoms with Gasteiger partial charge in [0.2, 0.25) is 0 Å². The van der Waals surface area contributed by atoms with Gasteiger partial charge < -0.3 is 9.72 Å². The summed E-state index contributed by atoms with van der Waals surface area (Å²) in [6.07, 6.45) is 3.09. The largest absolute Gasteiger partial charge is 0.497 e. The van der Waals surface area contributed by atoms with E-state index >= 15 is 0 Å². The molecule has 0 unspecified atom stereocenters. The number of aromatic amines is 1. The number of rotatable bonds is 6. The van der Waals surface area contributed by atoms with Gasteiger partial charge in [0.05, 0.1) is 19.3 Å². The van der Waals surface area contributed by atoms with Gasteiger partial charge in [0.1, 0.15) is 30.0 Å². The monoisotopic (exact) mass is 354 g/mol. The Kier molecular flexibility index (Phi) is 5.11. The summed E-state index contributed by atoms with van der Waals surface area (Å²) < 4.78 is 6.82. The Morgan fingerprint density at radius 2 is 2.16 bits per heavy atom. The molecule has 0 spiro atoms. The van der Waals surface area contributed by atoms with Crippen LogP contribution >= 0.6 is 11.8 Å². The zero-order chi connectivity index (χ0) is 17.6. The van der Waals surface area contributed by atoms with Crippen molar-refractivity contribution in [3.8, 4) is 23.1 Å². The number of thioether (sulfide) groups is 1. The van der Waals surface area contributed by atoms with Gasteiger partial charge in [0.15, 0.2) is 5.16 Å². The molecule has 25 heavy (non-hydrogen) atoms. The van der Waals surface area contributed by atoms with Gasteiger partial charge >= 0.3 is 0 Å². The molecule has 3 aromatic rings. The third kappa shape index (κ3) is 3.87. The van der Waals surface area contributed by atoms with Crippen LogP contribution < -0.4 is 10.3 Å². The standard InChI is InChI=1S/C16H14N6O2S/c1-24-12-4-2-11(3-5-12)14-13(8-17)15(23)21-16(20-14)25-7-6-22-10-18-9-19-22/h2-5,9-10H,6-7H2,1H3,(H,20,21,23). The molecule has 0 bridgehead atoms. The Labute approximate surface area is 147 Å². The first-order chi connectivity index (χ1) is 12.2. The van der Waals surface area contributed by atoms with Crippen molar-refractivity contribution in [2.45, 2.75) is 11.7 Å². The molecule has 1 aromatic carbocycles. The van der Waals surface area contributed by atoms with Crippen LogP contribution in [0.1, 0.15) is 5.56 Å². The number of hydrogen-bond donors (Lipinski definition) is 1. The average Bonchev–Trinajstić information content (AvgIpc) is 3.15. The summed E-state index contributed by atoms with van der Waals surface area (Å²) in [5.41, 5.74) is 0.580. The van der Waals surface area contributed by atoms with E-state index < -0.39 is 5.56 Å². The van der Waals surface area contributed by atoms with Crippen LogP contribution in [0.5, 0.6) is 5.75 Å². The molecule has 0 fully saturated rings. The van der Waals surface area contributed by atoms with E-state index in [1.54, 1.807) is 42.4 Å². The van der Waals surface area contributed by atoms with Crippen molar-refractivity contribution in [1.29, 1.82) is 5.26 Å². The fraction of sp³-hybridized carbons (Fsp3) is 0.188.